The van der Waals surface area contributed by atoms with Gasteiger partial charge in [0, 0.05) is 5.92 Å². The summed E-state index contributed by atoms with van der Waals surface area (Å²) in [5, 5.41) is 0. The lowest BCUT2D eigenvalue weighted by Gasteiger charge is -2.40. The molecule has 0 aliphatic heterocycles. The van der Waals surface area contributed by atoms with Gasteiger partial charge in [-0.25, -0.2) is 0 Å². The summed E-state index contributed by atoms with van der Waals surface area (Å²) in [7, 11) is 0. The first-order valence-corrected chi connectivity index (χ1v) is 20.4. The highest BCUT2D eigenvalue weighted by atomic mass is 14.7. The second-order valence-electron chi connectivity index (χ2n) is 19.8. The fourth-order valence-corrected chi connectivity index (χ4v) is 9.83. The smallest absolute Gasteiger partial charge is 0.00850 e. The molecule has 0 saturated heterocycles. The van der Waals surface area contributed by atoms with Crippen LogP contribution in [0.2, 0.25) is 0 Å². The molecular weight excluding hydrogens is 613 g/mol. The Morgan fingerprint density at radius 2 is 1.37 bits per heavy atom. The topological polar surface area (TPSA) is 0 Å². The van der Waals surface area contributed by atoms with E-state index in [4.69, 9.17) is 19.7 Å². The SMILES string of the molecule is C=C(CCC(=C)C(=C)C(CC(=C)[C@H]1C(C(=C)[C@@H](CC(=C)CC(C)C)C(C)(C)C)C[C@H]2[C@@H]1C2(C)C)CC(C)C)C[C@H](C(=C)C(C)C)c1ccccc1. The van der Waals surface area contributed by atoms with Gasteiger partial charge >= 0.3 is 0 Å². The summed E-state index contributed by atoms with van der Waals surface area (Å²) < 4.78 is 0. The average molecular weight is 691 g/mol. The van der Waals surface area contributed by atoms with Crippen LogP contribution in [0.15, 0.2) is 115 Å². The molecule has 1 aromatic carbocycles. The van der Waals surface area contributed by atoms with Crippen molar-refractivity contribution in [2.45, 2.75) is 133 Å². The number of fused-ring (bicyclic) bond motifs is 1. The maximum Gasteiger partial charge on any atom is 0.00850 e. The predicted molar refractivity (Wildman–Crippen MR) is 229 cm³/mol. The van der Waals surface area contributed by atoms with E-state index < -0.39 is 0 Å². The van der Waals surface area contributed by atoms with Gasteiger partial charge in [0.1, 0.15) is 0 Å². The molecule has 0 bridgehead atoms. The lowest BCUT2D eigenvalue weighted by molar-refractivity contribution is 0.229. The van der Waals surface area contributed by atoms with Gasteiger partial charge in [-0.15, -0.1) is 0 Å². The van der Waals surface area contributed by atoms with Crippen molar-refractivity contribution in [2.75, 3.05) is 0 Å². The maximum absolute atomic E-state index is 4.94. The Kier molecular flexibility index (Phi) is 14.7. The zero-order valence-corrected chi connectivity index (χ0v) is 35.3. The highest BCUT2D eigenvalue weighted by Gasteiger charge is 2.67. The Morgan fingerprint density at radius 3 is 1.90 bits per heavy atom. The van der Waals surface area contributed by atoms with Crippen molar-refractivity contribution in [2.24, 2.45) is 64.1 Å². The fraction of sp³-hybridized carbons (Fsp3) is 0.608. The summed E-state index contributed by atoms with van der Waals surface area (Å²) in [5.41, 5.74) is 11.1. The van der Waals surface area contributed by atoms with Gasteiger partial charge in [0.05, 0.1) is 0 Å². The monoisotopic (exact) mass is 691 g/mol. The van der Waals surface area contributed by atoms with Gasteiger partial charge in [-0.2, -0.15) is 0 Å². The Labute approximate surface area is 317 Å². The molecule has 1 aromatic rings. The largest absolute Gasteiger partial charge is 0.0998 e. The standard InChI is InChI=1S/C51H78/c1-32(2)26-36(8)29-46(50(14,15)16)41(13)45-31-47-49(51(47,17)18)48(45)38(10)30-43(27-33(3)4)40(12)37(9)25-24-35(7)28-44(39(11)34(5)6)42-22-20-19-21-23-42/h19-23,32-34,43-49H,7-13,24-31H2,1-6,14-18H3/t43?,44-,45?,46-,47+,48+,49+/m1/s1. The van der Waals surface area contributed by atoms with E-state index in [1.54, 1.807) is 0 Å². The summed E-state index contributed by atoms with van der Waals surface area (Å²) in [4.78, 5) is 0. The van der Waals surface area contributed by atoms with Gasteiger partial charge in [0.2, 0.25) is 0 Å². The molecule has 2 aliphatic rings. The minimum absolute atomic E-state index is 0.143. The van der Waals surface area contributed by atoms with E-state index in [1.165, 1.54) is 51.0 Å². The molecule has 282 valence electrons. The van der Waals surface area contributed by atoms with E-state index >= 15 is 0 Å². The fourth-order valence-electron chi connectivity index (χ4n) is 9.83. The third-order valence-corrected chi connectivity index (χ3v) is 13.0. The molecule has 0 heteroatoms. The molecule has 0 aromatic heterocycles. The van der Waals surface area contributed by atoms with Crippen molar-refractivity contribution >= 4 is 0 Å². The molecule has 51 heavy (non-hydrogen) atoms. The van der Waals surface area contributed by atoms with E-state index in [-0.39, 0.29) is 5.41 Å². The highest BCUT2D eigenvalue weighted by molar-refractivity contribution is 5.35. The van der Waals surface area contributed by atoms with Crippen molar-refractivity contribution in [3.63, 3.8) is 0 Å². The van der Waals surface area contributed by atoms with Crippen LogP contribution in [-0.2, 0) is 0 Å². The predicted octanol–water partition coefficient (Wildman–Crippen LogP) is 15.5. The van der Waals surface area contributed by atoms with E-state index in [0.717, 1.165) is 50.9 Å². The van der Waals surface area contributed by atoms with Crippen molar-refractivity contribution in [3.8, 4) is 0 Å². The Bertz CT molecular complexity index is 1430. The summed E-state index contributed by atoms with van der Waals surface area (Å²) in [6.45, 7) is 58.8. The molecule has 0 radical (unpaired) electrons. The molecule has 2 saturated carbocycles. The highest BCUT2D eigenvalue weighted by Crippen LogP contribution is 2.73. The Balaban J connectivity index is 1.76. The summed E-state index contributed by atoms with van der Waals surface area (Å²) in [5.74, 6) is 5.16. The number of hydrogen-bond donors (Lipinski definition) is 0. The molecule has 7 atom stereocenters. The van der Waals surface area contributed by atoms with E-state index in [9.17, 15) is 0 Å². The second kappa shape index (κ2) is 17.5. The second-order valence-corrected chi connectivity index (χ2v) is 19.8. The number of benzene rings is 1. The van der Waals surface area contributed by atoms with Crippen molar-refractivity contribution in [1.29, 1.82) is 0 Å². The van der Waals surface area contributed by atoms with Crippen LogP contribution in [0.5, 0.6) is 0 Å². The van der Waals surface area contributed by atoms with Crippen molar-refractivity contribution < 1.29 is 0 Å². The van der Waals surface area contributed by atoms with Gasteiger partial charge < -0.3 is 0 Å². The molecule has 2 aliphatic carbocycles. The first-order chi connectivity index (χ1) is 23.6. The molecular formula is C51H78. The van der Waals surface area contributed by atoms with Gasteiger partial charge in [0.15, 0.2) is 0 Å². The lowest BCUT2D eigenvalue weighted by Crippen LogP contribution is -2.31. The Hall–Kier alpha value is -2.60. The summed E-state index contributed by atoms with van der Waals surface area (Å²) >= 11 is 0. The summed E-state index contributed by atoms with van der Waals surface area (Å²) in [6.07, 6.45) is 8.26. The van der Waals surface area contributed by atoms with Crippen LogP contribution in [-0.4, -0.2) is 0 Å². The quantitative estimate of drug-likeness (QED) is 0.0890. The zero-order chi connectivity index (χ0) is 38.6. The van der Waals surface area contributed by atoms with Crippen molar-refractivity contribution in [1.82, 2.24) is 0 Å². The molecule has 0 amide bonds. The minimum Gasteiger partial charge on any atom is -0.0998 e. The van der Waals surface area contributed by atoms with Gasteiger partial charge in [-0.05, 0) is 127 Å². The summed E-state index contributed by atoms with van der Waals surface area (Å²) in [6, 6.07) is 10.8. The van der Waals surface area contributed by atoms with Crippen molar-refractivity contribution in [3.05, 3.63) is 121 Å². The first kappa shape index (κ1) is 42.8. The van der Waals surface area contributed by atoms with Crippen LogP contribution >= 0.6 is 0 Å². The van der Waals surface area contributed by atoms with E-state index in [1.807, 2.05) is 0 Å². The van der Waals surface area contributed by atoms with Gasteiger partial charge in [-0.3, -0.25) is 0 Å². The molecule has 0 nitrogen and oxygen atoms in total. The Morgan fingerprint density at radius 1 is 0.765 bits per heavy atom. The molecule has 0 spiro atoms. The van der Waals surface area contributed by atoms with Crippen LogP contribution < -0.4 is 0 Å². The average Bonchev–Trinajstić information content (AvgIpc) is 3.33. The van der Waals surface area contributed by atoms with Crippen LogP contribution in [0.1, 0.15) is 139 Å². The molecule has 2 fully saturated rings. The number of allylic oxidation sites excluding steroid dienone is 7. The normalized spacial score (nSPS) is 22.7. The number of hydrogen-bond acceptors (Lipinski definition) is 0. The minimum atomic E-state index is 0.143. The van der Waals surface area contributed by atoms with Gasteiger partial charge in [0.25, 0.3) is 0 Å². The third-order valence-electron chi connectivity index (χ3n) is 13.0. The van der Waals surface area contributed by atoms with Crippen LogP contribution in [0.25, 0.3) is 0 Å². The van der Waals surface area contributed by atoms with E-state index in [2.05, 4.69) is 133 Å². The molecule has 0 heterocycles. The lowest BCUT2D eigenvalue weighted by atomic mass is 9.65. The first-order valence-electron chi connectivity index (χ1n) is 20.4. The molecule has 3 rings (SSSR count). The van der Waals surface area contributed by atoms with Crippen LogP contribution in [0.3, 0.4) is 0 Å². The van der Waals surface area contributed by atoms with Gasteiger partial charge in [-0.1, -0.05) is 186 Å². The van der Waals surface area contributed by atoms with Crippen LogP contribution in [0.4, 0.5) is 0 Å². The number of rotatable bonds is 21. The van der Waals surface area contributed by atoms with Crippen LogP contribution in [0, 0.1) is 64.1 Å². The zero-order valence-electron chi connectivity index (χ0n) is 35.3. The molecule has 2 unspecified atom stereocenters. The third kappa shape index (κ3) is 11.0. The van der Waals surface area contributed by atoms with E-state index in [0.29, 0.717) is 58.7 Å². The maximum atomic E-state index is 4.94. The molecule has 0 N–H and O–H groups in total.